The number of aryl methyl sites for hydroxylation is 1. The number of anilines is 1. The SMILES string of the molecule is Cc1cccc(NC(=O)CC(C)NC(C)c2ccncc2F)c1C.O=C(O)C(F)(F)F. The number of alkyl halides is 3. The van der Waals surface area contributed by atoms with Crippen LogP contribution in [0.25, 0.3) is 0 Å². The van der Waals surface area contributed by atoms with Crippen molar-refractivity contribution in [2.24, 2.45) is 0 Å². The average Bonchev–Trinajstić information content (AvgIpc) is 2.65. The van der Waals surface area contributed by atoms with Crippen LogP contribution in [0.3, 0.4) is 0 Å². The fourth-order valence-corrected chi connectivity index (χ4v) is 2.68. The van der Waals surface area contributed by atoms with Gasteiger partial charge in [-0.05, 0) is 51.0 Å². The summed E-state index contributed by atoms with van der Waals surface area (Å²) in [6, 6.07) is 7.20. The molecule has 0 aliphatic heterocycles. The highest BCUT2D eigenvalue weighted by Crippen LogP contribution is 2.19. The van der Waals surface area contributed by atoms with E-state index in [1.54, 1.807) is 12.3 Å². The molecule has 1 amide bonds. The molecule has 6 nitrogen and oxygen atoms in total. The third-order valence-electron chi connectivity index (χ3n) is 4.42. The Kier molecular flexibility index (Phi) is 9.57. The van der Waals surface area contributed by atoms with Gasteiger partial charge in [0.2, 0.25) is 5.91 Å². The van der Waals surface area contributed by atoms with Crippen LogP contribution in [0.5, 0.6) is 0 Å². The Bertz CT molecular complexity index is 904. The van der Waals surface area contributed by atoms with Crippen molar-refractivity contribution in [1.29, 1.82) is 0 Å². The maximum atomic E-state index is 13.7. The lowest BCUT2D eigenvalue weighted by Crippen LogP contribution is -2.33. The van der Waals surface area contributed by atoms with Crippen LogP contribution in [0.2, 0.25) is 0 Å². The van der Waals surface area contributed by atoms with Crippen molar-refractivity contribution in [3.05, 3.63) is 59.2 Å². The Morgan fingerprint density at radius 2 is 1.77 bits per heavy atom. The van der Waals surface area contributed by atoms with Crippen molar-refractivity contribution < 1.29 is 32.3 Å². The van der Waals surface area contributed by atoms with Crippen molar-refractivity contribution in [2.75, 3.05) is 5.32 Å². The molecule has 170 valence electrons. The van der Waals surface area contributed by atoms with E-state index < -0.39 is 12.1 Å². The maximum Gasteiger partial charge on any atom is 0.490 e. The first-order valence-electron chi connectivity index (χ1n) is 9.34. The van der Waals surface area contributed by atoms with Gasteiger partial charge in [-0.1, -0.05) is 12.1 Å². The van der Waals surface area contributed by atoms with Gasteiger partial charge in [-0.3, -0.25) is 9.78 Å². The molecule has 1 aromatic heterocycles. The monoisotopic (exact) mass is 443 g/mol. The molecule has 0 aliphatic rings. The van der Waals surface area contributed by atoms with E-state index in [-0.39, 0.29) is 23.8 Å². The number of benzene rings is 1. The van der Waals surface area contributed by atoms with E-state index in [9.17, 15) is 22.4 Å². The predicted molar refractivity (Wildman–Crippen MR) is 108 cm³/mol. The Morgan fingerprint density at radius 1 is 1.16 bits per heavy atom. The lowest BCUT2D eigenvalue weighted by atomic mass is 10.1. The van der Waals surface area contributed by atoms with Crippen LogP contribution >= 0.6 is 0 Å². The molecule has 1 heterocycles. The smallest absolute Gasteiger partial charge is 0.475 e. The van der Waals surface area contributed by atoms with Gasteiger partial charge in [0.15, 0.2) is 0 Å². The minimum atomic E-state index is -5.08. The van der Waals surface area contributed by atoms with E-state index in [0.29, 0.717) is 12.0 Å². The molecule has 1 aromatic carbocycles. The number of halogens is 4. The number of aromatic nitrogens is 1. The zero-order chi connectivity index (χ0) is 23.8. The van der Waals surface area contributed by atoms with E-state index in [1.807, 2.05) is 45.9 Å². The molecule has 2 aromatic rings. The first-order chi connectivity index (χ1) is 14.3. The number of hydrogen-bond acceptors (Lipinski definition) is 4. The fraction of sp³-hybridized carbons (Fsp3) is 0.381. The van der Waals surface area contributed by atoms with Crippen LogP contribution in [-0.2, 0) is 9.59 Å². The molecule has 0 spiro atoms. The Labute approximate surface area is 177 Å². The number of pyridine rings is 1. The molecule has 10 heteroatoms. The standard InChI is InChI=1S/C19H24FN3O.C2HF3O2/c1-12-6-5-7-18(14(12)3)23-19(24)10-13(2)22-15(4)16-8-9-21-11-17(16)20;3-2(4,5)1(6)7/h5-9,11,13,15,22H,10H2,1-4H3,(H,23,24);(H,6,7). The molecular formula is C21H25F4N3O3. The van der Waals surface area contributed by atoms with Crippen LogP contribution < -0.4 is 10.6 Å². The van der Waals surface area contributed by atoms with E-state index >= 15 is 0 Å². The van der Waals surface area contributed by atoms with Crippen LogP contribution in [0.1, 0.15) is 43.0 Å². The first-order valence-corrected chi connectivity index (χ1v) is 9.34. The maximum absolute atomic E-state index is 13.7. The third kappa shape index (κ3) is 8.71. The molecule has 2 unspecified atom stereocenters. The molecule has 2 atom stereocenters. The van der Waals surface area contributed by atoms with Gasteiger partial charge in [0.25, 0.3) is 0 Å². The second-order valence-electron chi connectivity index (χ2n) is 6.99. The number of hydrogen-bond donors (Lipinski definition) is 3. The van der Waals surface area contributed by atoms with Crippen molar-refractivity contribution in [2.45, 2.75) is 52.4 Å². The van der Waals surface area contributed by atoms with Crippen molar-refractivity contribution in [3.8, 4) is 0 Å². The highest BCUT2D eigenvalue weighted by Gasteiger charge is 2.38. The van der Waals surface area contributed by atoms with E-state index in [2.05, 4.69) is 15.6 Å². The quantitative estimate of drug-likeness (QED) is 0.571. The van der Waals surface area contributed by atoms with Gasteiger partial charge in [0.05, 0.1) is 6.20 Å². The summed E-state index contributed by atoms with van der Waals surface area (Å²) >= 11 is 0. The second-order valence-corrected chi connectivity index (χ2v) is 6.99. The van der Waals surface area contributed by atoms with E-state index in [4.69, 9.17) is 9.90 Å². The Morgan fingerprint density at radius 3 is 2.32 bits per heavy atom. The minimum Gasteiger partial charge on any atom is -0.475 e. The predicted octanol–water partition coefficient (Wildman–Crippen LogP) is 4.54. The van der Waals surface area contributed by atoms with Crippen LogP contribution in [-0.4, -0.2) is 34.2 Å². The zero-order valence-electron chi connectivity index (χ0n) is 17.5. The molecule has 0 saturated heterocycles. The molecule has 0 bridgehead atoms. The average molecular weight is 443 g/mol. The fourth-order valence-electron chi connectivity index (χ4n) is 2.68. The number of carbonyl (C=O) groups excluding carboxylic acids is 1. The second kappa shape index (κ2) is 11.4. The summed E-state index contributed by atoms with van der Waals surface area (Å²) in [6.07, 6.45) is -2.01. The summed E-state index contributed by atoms with van der Waals surface area (Å²) in [5.74, 6) is -3.16. The van der Waals surface area contributed by atoms with Crippen molar-refractivity contribution in [3.63, 3.8) is 0 Å². The van der Waals surface area contributed by atoms with Gasteiger partial charge in [-0.25, -0.2) is 9.18 Å². The van der Waals surface area contributed by atoms with Gasteiger partial charge in [0.1, 0.15) is 5.82 Å². The number of aliphatic carboxylic acids is 1. The number of nitrogens with zero attached hydrogens (tertiary/aromatic N) is 1. The normalized spacial score (nSPS) is 12.9. The molecular weight excluding hydrogens is 418 g/mol. The number of nitrogens with one attached hydrogen (secondary N) is 2. The van der Waals surface area contributed by atoms with Gasteiger partial charge >= 0.3 is 12.1 Å². The molecule has 2 rings (SSSR count). The van der Waals surface area contributed by atoms with Gasteiger partial charge in [0, 0.05) is 36.0 Å². The van der Waals surface area contributed by atoms with E-state index in [0.717, 1.165) is 16.8 Å². The zero-order valence-corrected chi connectivity index (χ0v) is 17.5. The lowest BCUT2D eigenvalue weighted by molar-refractivity contribution is -0.192. The Balaban J connectivity index is 0.000000592. The largest absolute Gasteiger partial charge is 0.490 e. The van der Waals surface area contributed by atoms with E-state index in [1.165, 1.54) is 6.20 Å². The summed E-state index contributed by atoms with van der Waals surface area (Å²) in [4.78, 5) is 24.9. The molecule has 0 radical (unpaired) electrons. The lowest BCUT2D eigenvalue weighted by Gasteiger charge is -2.20. The molecule has 3 N–H and O–H groups in total. The highest BCUT2D eigenvalue weighted by atomic mass is 19.4. The molecule has 0 fully saturated rings. The topological polar surface area (TPSA) is 91.3 Å². The molecule has 31 heavy (non-hydrogen) atoms. The van der Waals surface area contributed by atoms with Gasteiger partial charge in [-0.2, -0.15) is 13.2 Å². The summed E-state index contributed by atoms with van der Waals surface area (Å²) in [6.45, 7) is 7.79. The third-order valence-corrected chi connectivity index (χ3v) is 4.42. The van der Waals surface area contributed by atoms with Gasteiger partial charge in [-0.15, -0.1) is 0 Å². The van der Waals surface area contributed by atoms with Gasteiger partial charge < -0.3 is 15.7 Å². The van der Waals surface area contributed by atoms with Crippen molar-refractivity contribution >= 4 is 17.6 Å². The van der Waals surface area contributed by atoms with Crippen LogP contribution in [0, 0.1) is 19.7 Å². The first kappa shape index (κ1) is 26.0. The summed E-state index contributed by atoms with van der Waals surface area (Å²) in [5.41, 5.74) is 3.59. The number of amides is 1. The summed E-state index contributed by atoms with van der Waals surface area (Å²) < 4.78 is 45.5. The molecule has 0 saturated carbocycles. The number of carboxylic acid groups (broad SMARTS) is 1. The number of carboxylic acids is 1. The van der Waals surface area contributed by atoms with Crippen LogP contribution in [0.15, 0.2) is 36.7 Å². The summed E-state index contributed by atoms with van der Waals surface area (Å²) in [5, 5.41) is 13.3. The molecule has 0 aliphatic carbocycles. The number of carbonyl (C=O) groups is 2. The summed E-state index contributed by atoms with van der Waals surface area (Å²) in [7, 11) is 0. The number of rotatable bonds is 6. The minimum absolute atomic E-state index is 0.0638. The van der Waals surface area contributed by atoms with Crippen LogP contribution in [0.4, 0.5) is 23.2 Å². The Hall–Kier alpha value is -3.01. The van der Waals surface area contributed by atoms with Crippen molar-refractivity contribution in [1.82, 2.24) is 10.3 Å². The highest BCUT2D eigenvalue weighted by molar-refractivity contribution is 5.92.